The van der Waals surface area contributed by atoms with Gasteiger partial charge in [-0.25, -0.2) is 0 Å². The molecule has 0 saturated carbocycles. The van der Waals surface area contributed by atoms with Crippen molar-refractivity contribution >= 4 is 17.3 Å². The molecule has 0 amide bonds. The molecule has 2 rings (SSSR count). The van der Waals surface area contributed by atoms with Crippen molar-refractivity contribution in [3.8, 4) is 0 Å². The normalized spacial score (nSPS) is 17.8. The van der Waals surface area contributed by atoms with E-state index >= 15 is 0 Å². The van der Waals surface area contributed by atoms with Crippen molar-refractivity contribution < 1.29 is 23.4 Å². The van der Waals surface area contributed by atoms with E-state index in [4.69, 9.17) is 16.7 Å². The van der Waals surface area contributed by atoms with Crippen LogP contribution in [0.3, 0.4) is 0 Å². The first kappa shape index (κ1) is 17.4. The molecule has 0 saturated heterocycles. The van der Waals surface area contributed by atoms with Crippen molar-refractivity contribution in [2.45, 2.75) is 43.9 Å². The Balaban J connectivity index is 2.43. The predicted molar refractivity (Wildman–Crippen MR) is 79.4 cm³/mol. The molecule has 1 atom stereocenters. The summed E-state index contributed by atoms with van der Waals surface area (Å²) in [6.45, 7) is 2.52. The minimum absolute atomic E-state index is 0.449. The number of alkyl halides is 3. The maximum atomic E-state index is 13.1. The zero-order valence-electron chi connectivity index (χ0n) is 12.4. The summed E-state index contributed by atoms with van der Waals surface area (Å²) in [5.41, 5.74) is -1.83. The number of hydrogen-bond acceptors (Lipinski definition) is 3. The van der Waals surface area contributed by atoms with Crippen LogP contribution in [0.25, 0.3) is 0 Å². The molecule has 1 aliphatic rings. The second kappa shape index (κ2) is 5.58. The van der Waals surface area contributed by atoms with Crippen molar-refractivity contribution in [3.63, 3.8) is 0 Å². The molecule has 0 spiro atoms. The van der Waals surface area contributed by atoms with Crippen LogP contribution in [0.5, 0.6) is 0 Å². The molecule has 0 bridgehead atoms. The van der Waals surface area contributed by atoms with Gasteiger partial charge in [0.15, 0.2) is 5.60 Å². The third kappa shape index (κ3) is 3.05. The molecule has 1 aliphatic heterocycles. The van der Waals surface area contributed by atoms with E-state index in [0.717, 1.165) is 17.7 Å². The number of anilines is 1. The van der Waals surface area contributed by atoms with Crippen molar-refractivity contribution in [1.29, 1.82) is 0 Å². The summed E-state index contributed by atoms with van der Waals surface area (Å²) in [4.78, 5) is 0. The maximum Gasteiger partial charge on any atom is 0.419 e. The summed E-state index contributed by atoms with van der Waals surface area (Å²) in [6.07, 6.45) is -4.81. The van der Waals surface area contributed by atoms with Gasteiger partial charge in [-0.3, -0.25) is 0 Å². The quantitative estimate of drug-likeness (QED) is 0.790. The van der Waals surface area contributed by atoms with Gasteiger partial charge in [0.05, 0.1) is 6.61 Å². The average molecular weight is 338 g/mol. The fourth-order valence-corrected chi connectivity index (χ4v) is 3.24. The topological polar surface area (TPSA) is 52.5 Å². The summed E-state index contributed by atoms with van der Waals surface area (Å²) in [5.74, 6) is 0. The molecule has 0 aliphatic carbocycles. The number of rotatable bonds is 4. The standard InChI is InChI=1S/C15H19ClF3NO2/c1-13(2,7-14(22,8-21)15(17,18)19)11-6-10(16)5-9-3-4-20-12(9)11/h5-6,20-22H,3-4,7-8H2,1-2H3/t14-/m1/s1. The highest BCUT2D eigenvalue weighted by Gasteiger charge is 2.56. The zero-order chi connectivity index (χ0) is 16.8. The van der Waals surface area contributed by atoms with E-state index in [1.807, 2.05) is 0 Å². The van der Waals surface area contributed by atoms with Gasteiger partial charge in [0.25, 0.3) is 0 Å². The van der Waals surface area contributed by atoms with Crippen molar-refractivity contribution in [2.75, 3.05) is 18.5 Å². The summed E-state index contributed by atoms with van der Waals surface area (Å²) < 4.78 is 39.2. The van der Waals surface area contributed by atoms with Gasteiger partial charge in [-0.15, -0.1) is 0 Å². The van der Waals surface area contributed by atoms with E-state index in [1.165, 1.54) is 0 Å². The molecular formula is C15H19ClF3NO2. The number of hydrogen-bond donors (Lipinski definition) is 3. The predicted octanol–water partition coefficient (Wildman–Crippen LogP) is 3.26. The number of nitrogens with one attached hydrogen (secondary N) is 1. The van der Waals surface area contributed by atoms with Gasteiger partial charge in [-0.2, -0.15) is 13.2 Å². The van der Waals surface area contributed by atoms with Crippen LogP contribution in [0, 0.1) is 0 Å². The SMILES string of the molecule is CC(C)(C[C@@](O)(CO)C(F)(F)F)c1cc(Cl)cc2c1NCC2. The number of aliphatic hydroxyl groups is 2. The molecule has 22 heavy (non-hydrogen) atoms. The fraction of sp³-hybridized carbons (Fsp3) is 0.600. The minimum atomic E-state index is -4.91. The third-order valence-electron chi connectivity index (χ3n) is 4.13. The molecule has 124 valence electrons. The van der Waals surface area contributed by atoms with Crippen LogP contribution >= 0.6 is 11.6 Å². The van der Waals surface area contributed by atoms with Crippen LogP contribution in [-0.4, -0.2) is 35.1 Å². The van der Waals surface area contributed by atoms with E-state index < -0.39 is 30.2 Å². The number of fused-ring (bicyclic) bond motifs is 1. The Hall–Kier alpha value is -0.980. The molecular weight excluding hydrogens is 319 g/mol. The monoisotopic (exact) mass is 337 g/mol. The first-order valence-corrected chi connectivity index (χ1v) is 7.35. The number of benzene rings is 1. The fourth-order valence-electron chi connectivity index (χ4n) is 3.00. The number of halogens is 4. The van der Waals surface area contributed by atoms with Gasteiger partial charge in [0, 0.05) is 17.3 Å². The Morgan fingerprint density at radius 3 is 2.45 bits per heavy atom. The summed E-state index contributed by atoms with van der Waals surface area (Å²) in [6, 6.07) is 3.41. The number of aliphatic hydroxyl groups excluding tert-OH is 1. The smallest absolute Gasteiger partial charge is 0.393 e. The van der Waals surface area contributed by atoms with Crippen LogP contribution in [0.2, 0.25) is 5.02 Å². The molecule has 3 nitrogen and oxygen atoms in total. The summed E-state index contributed by atoms with van der Waals surface area (Å²) in [5, 5.41) is 22.5. The first-order chi connectivity index (χ1) is 10.00. The highest BCUT2D eigenvalue weighted by molar-refractivity contribution is 6.30. The van der Waals surface area contributed by atoms with E-state index in [0.29, 0.717) is 17.1 Å². The van der Waals surface area contributed by atoms with Crippen LogP contribution < -0.4 is 5.32 Å². The molecule has 0 radical (unpaired) electrons. The Morgan fingerprint density at radius 2 is 1.91 bits per heavy atom. The Labute approximate surface area is 132 Å². The average Bonchev–Trinajstić information content (AvgIpc) is 2.83. The van der Waals surface area contributed by atoms with Crippen LogP contribution in [0.4, 0.5) is 18.9 Å². The molecule has 3 N–H and O–H groups in total. The second-order valence-corrected chi connectivity index (χ2v) is 6.85. The van der Waals surface area contributed by atoms with Gasteiger partial charge in [-0.1, -0.05) is 25.4 Å². The van der Waals surface area contributed by atoms with Gasteiger partial charge >= 0.3 is 6.18 Å². The Morgan fingerprint density at radius 1 is 1.27 bits per heavy atom. The second-order valence-electron chi connectivity index (χ2n) is 6.41. The van der Waals surface area contributed by atoms with E-state index in [9.17, 15) is 18.3 Å². The molecule has 1 aromatic rings. The zero-order valence-corrected chi connectivity index (χ0v) is 13.1. The highest BCUT2D eigenvalue weighted by Crippen LogP contribution is 2.45. The van der Waals surface area contributed by atoms with E-state index in [-0.39, 0.29) is 0 Å². The highest BCUT2D eigenvalue weighted by atomic mass is 35.5. The summed E-state index contributed by atoms with van der Waals surface area (Å²) in [7, 11) is 0. The van der Waals surface area contributed by atoms with E-state index in [1.54, 1.807) is 26.0 Å². The first-order valence-electron chi connectivity index (χ1n) is 6.97. The van der Waals surface area contributed by atoms with Gasteiger partial charge in [-0.05, 0) is 41.5 Å². The van der Waals surface area contributed by atoms with Crippen LogP contribution in [-0.2, 0) is 11.8 Å². The maximum absolute atomic E-state index is 13.1. The Bertz CT molecular complexity index is 575. The molecule has 7 heteroatoms. The summed E-state index contributed by atoms with van der Waals surface area (Å²) >= 11 is 6.07. The van der Waals surface area contributed by atoms with E-state index in [2.05, 4.69) is 5.32 Å². The van der Waals surface area contributed by atoms with Crippen LogP contribution in [0.1, 0.15) is 31.4 Å². The lowest BCUT2D eigenvalue weighted by Gasteiger charge is -2.37. The lowest BCUT2D eigenvalue weighted by atomic mass is 9.74. The lowest BCUT2D eigenvalue weighted by Crippen LogP contribution is -2.52. The largest absolute Gasteiger partial charge is 0.419 e. The van der Waals surface area contributed by atoms with Gasteiger partial charge < -0.3 is 15.5 Å². The van der Waals surface area contributed by atoms with Gasteiger partial charge in [0.1, 0.15) is 0 Å². The molecule has 0 fully saturated rings. The third-order valence-corrected chi connectivity index (χ3v) is 4.35. The van der Waals surface area contributed by atoms with Gasteiger partial charge in [0.2, 0.25) is 0 Å². The Kier molecular flexibility index (Phi) is 4.41. The minimum Gasteiger partial charge on any atom is -0.393 e. The lowest BCUT2D eigenvalue weighted by molar-refractivity contribution is -0.277. The van der Waals surface area contributed by atoms with Crippen LogP contribution in [0.15, 0.2) is 12.1 Å². The molecule has 1 aromatic carbocycles. The molecule has 1 heterocycles. The van der Waals surface area contributed by atoms with Crippen molar-refractivity contribution in [1.82, 2.24) is 0 Å². The van der Waals surface area contributed by atoms with Crippen molar-refractivity contribution in [2.24, 2.45) is 0 Å². The molecule has 0 aromatic heterocycles. The molecule has 0 unspecified atom stereocenters. The van der Waals surface area contributed by atoms with Crippen molar-refractivity contribution in [3.05, 3.63) is 28.3 Å².